The first-order valence-corrected chi connectivity index (χ1v) is 8.52. The lowest BCUT2D eigenvalue weighted by atomic mass is 9.96. The molecule has 0 bridgehead atoms. The number of benzene rings is 1. The number of fused-ring (bicyclic) bond motifs is 1. The Bertz CT molecular complexity index is 693. The number of nitriles is 1. The summed E-state index contributed by atoms with van der Waals surface area (Å²) in [7, 11) is 0. The fourth-order valence-corrected chi connectivity index (χ4v) is 3.98. The third-order valence-corrected chi connectivity index (χ3v) is 5.38. The average Bonchev–Trinajstić information content (AvgIpc) is 2.84. The lowest BCUT2D eigenvalue weighted by molar-refractivity contribution is 0.696. The Morgan fingerprint density at radius 2 is 1.95 bits per heavy atom. The van der Waals surface area contributed by atoms with Crippen molar-refractivity contribution >= 4 is 45.1 Å². The molecular formula is C16H13IN2S. The Balaban J connectivity index is 1.93. The van der Waals surface area contributed by atoms with Crippen LogP contribution in [-0.2, 0) is 12.8 Å². The molecule has 1 heterocycles. The second-order valence-electron chi connectivity index (χ2n) is 4.81. The quantitative estimate of drug-likeness (QED) is 0.532. The summed E-state index contributed by atoms with van der Waals surface area (Å²) in [5, 5.41) is 10.3. The number of halogens is 1. The summed E-state index contributed by atoms with van der Waals surface area (Å²) < 4.78 is 1.21. The van der Waals surface area contributed by atoms with Gasteiger partial charge in [0.05, 0.1) is 5.56 Å². The van der Waals surface area contributed by atoms with Crippen molar-refractivity contribution in [3.05, 3.63) is 49.4 Å². The van der Waals surface area contributed by atoms with Crippen molar-refractivity contribution in [1.82, 2.24) is 0 Å². The molecule has 0 radical (unpaired) electrons. The summed E-state index contributed by atoms with van der Waals surface area (Å²) in [6.07, 6.45) is 6.42. The zero-order valence-electron chi connectivity index (χ0n) is 10.9. The molecule has 0 spiro atoms. The summed E-state index contributed by atoms with van der Waals surface area (Å²) in [4.78, 5) is 5.91. The predicted octanol–water partition coefficient (Wildman–Crippen LogP) is 4.85. The number of nitrogens with zero attached hydrogens (tertiary/aromatic N) is 2. The predicted molar refractivity (Wildman–Crippen MR) is 92.1 cm³/mol. The molecule has 0 aliphatic heterocycles. The topological polar surface area (TPSA) is 36.1 Å². The van der Waals surface area contributed by atoms with Crippen LogP contribution in [0.2, 0.25) is 0 Å². The molecule has 1 aliphatic rings. The van der Waals surface area contributed by atoms with Gasteiger partial charge in [0.25, 0.3) is 0 Å². The van der Waals surface area contributed by atoms with Crippen LogP contribution in [0, 0.1) is 14.9 Å². The highest BCUT2D eigenvalue weighted by Crippen LogP contribution is 2.39. The Kier molecular flexibility index (Phi) is 4.18. The van der Waals surface area contributed by atoms with Crippen LogP contribution in [0.3, 0.4) is 0 Å². The van der Waals surface area contributed by atoms with Gasteiger partial charge >= 0.3 is 0 Å². The lowest BCUT2D eigenvalue weighted by Crippen LogP contribution is -1.99. The summed E-state index contributed by atoms with van der Waals surface area (Å²) in [6, 6.07) is 10.6. The summed E-state index contributed by atoms with van der Waals surface area (Å²) in [5.41, 5.74) is 3.12. The number of rotatable bonds is 2. The minimum atomic E-state index is 0.798. The van der Waals surface area contributed by atoms with E-state index in [2.05, 4.69) is 45.8 Å². The second kappa shape index (κ2) is 6.06. The molecular weight excluding hydrogens is 379 g/mol. The van der Waals surface area contributed by atoms with E-state index in [0.717, 1.165) is 29.0 Å². The third-order valence-electron chi connectivity index (χ3n) is 3.47. The monoisotopic (exact) mass is 392 g/mol. The van der Waals surface area contributed by atoms with E-state index in [1.807, 2.05) is 18.3 Å². The van der Waals surface area contributed by atoms with Crippen LogP contribution in [-0.4, -0.2) is 6.21 Å². The molecule has 0 saturated carbocycles. The van der Waals surface area contributed by atoms with Gasteiger partial charge in [-0.25, -0.2) is 4.99 Å². The molecule has 2 nitrogen and oxygen atoms in total. The lowest BCUT2D eigenvalue weighted by Gasteiger charge is -2.09. The third kappa shape index (κ3) is 2.79. The first-order valence-electron chi connectivity index (χ1n) is 6.62. The van der Waals surface area contributed by atoms with E-state index in [4.69, 9.17) is 0 Å². The van der Waals surface area contributed by atoms with E-state index in [0.29, 0.717) is 0 Å². The highest BCUT2D eigenvalue weighted by Gasteiger charge is 2.19. The van der Waals surface area contributed by atoms with E-state index in [1.165, 1.54) is 26.9 Å². The van der Waals surface area contributed by atoms with Gasteiger partial charge in [-0.2, -0.15) is 5.26 Å². The standard InChI is InChI=1S/C16H13IN2S/c17-12-7-5-11(6-8-12)10-19-16-14(9-18)13-3-1-2-4-15(13)20-16/h5-8,10H,1-4H2. The average molecular weight is 392 g/mol. The molecule has 0 unspecified atom stereocenters. The molecule has 0 saturated heterocycles. The van der Waals surface area contributed by atoms with E-state index in [1.54, 1.807) is 11.3 Å². The van der Waals surface area contributed by atoms with Gasteiger partial charge in [-0.1, -0.05) is 12.1 Å². The minimum absolute atomic E-state index is 0.798. The van der Waals surface area contributed by atoms with Gasteiger partial charge in [0.2, 0.25) is 0 Å². The molecule has 100 valence electrons. The van der Waals surface area contributed by atoms with Crippen LogP contribution < -0.4 is 0 Å². The van der Waals surface area contributed by atoms with Gasteiger partial charge in [0, 0.05) is 14.7 Å². The Morgan fingerprint density at radius 3 is 2.70 bits per heavy atom. The highest BCUT2D eigenvalue weighted by atomic mass is 127. The summed E-state index contributed by atoms with van der Waals surface area (Å²) in [5.74, 6) is 0. The van der Waals surface area contributed by atoms with Gasteiger partial charge in [0.1, 0.15) is 11.1 Å². The van der Waals surface area contributed by atoms with Crippen molar-refractivity contribution in [2.45, 2.75) is 25.7 Å². The molecule has 3 rings (SSSR count). The van der Waals surface area contributed by atoms with Crippen molar-refractivity contribution in [2.24, 2.45) is 4.99 Å². The van der Waals surface area contributed by atoms with Crippen molar-refractivity contribution in [1.29, 1.82) is 5.26 Å². The van der Waals surface area contributed by atoms with Crippen LogP contribution in [0.1, 0.15) is 34.4 Å². The smallest absolute Gasteiger partial charge is 0.134 e. The molecule has 1 aliphatic carbocycles. The number of hydrogen-bond acceptors (Lipinski definition) is 3. The molecule has 0 amide bonds. The maximum Gasteiger partial charge on any atom is 0.134 e. The first-order chi connectivity index (χ1) is 9.78. The molecule has 2 aromatic rings. The highest BCUT2D eigenvalue weighted by molar-refractivity contribution is 14.1. The molecule has 0 fully saturated rings. The summed E-state index contributed by atoms with van der Waals surface area (Å²) >= 11 is 3.97. The number of thiophene rings is 1. The Hall–Kier alpha value is -1.19. The van der Waals surface area contributed by atoms with Crippen LogP contribution in [0.5, 0.6) is 0 Å². The maximum atomic E-state index is 9.38. The van der Waals surface area contributed by atoms with Gasteiger partial charge in [-0.3, -0.25) is 0 Å². The molecule has 20 heavy (non-hydrogen) atoms. The SMILES string of the molecule is N#Cc1c(N=Cc2ccc(I)cc2)sc2c1CCCC2. The number of aliphatic imine (C=N–C) groups is 1. The molecule has 1 aromatic carbocycles. The van der Waals surface area contributed by atoms with Crippen LogP contribution in [0.15, 0.2) is 29.3 Å². The van der Waals surface area contributed by atoms with E-state index in [-0.39, 0.29) is 0 Å². The fraction of sp³-hybridized carbons (Fsp3) is 0.250. The molecule has 0 N–H and O–H groups in total. The minimum Gasteiger partial charge on any atom is -0.244 e. The molecule has 0 atom stereocenters. The van der Waals surface area contributed by atoms with Crippen molar-refractivity contribution in [2.75, 3.05) is 0 Å². The van der Waals surface area contributed by atoms with E-state index >= 15 is 0 Å². The number of hydrogen-bond donors (Lipinski definition) is 0. The second-order valence-corrected chi connectivity index (χ2v) is 7.14. The maximum absolute atomic E-state index is 9.38. The van der Waals surface area contributed by atoms with Gasteiger partial charge in [-0.15, -0.1) is 11.3 Å². The van der Waals surface area contributed by atoms with Gasteiger partial charge < -0.3 is 0 Å². The van der Waals surface area contributed by atoms with Crippen LogP contribution in [0.4, 0.5) is 5.00 Å². The zero-order chi connectivity index (χ0) is 13.9. The summed E-state index contributed by atoms with van der Waals surface area (Å²) in [6.45, 7) is 0. The normalized spacial score (nSPS) is 14.2. The zero-order valence-corrected chi connectivity index (χ0v) is 13.9. The van der Waals surface area contributed by atoms with Crippen LogP contribution >= 0.6 is 33.9 Å². The van der Waals surface area contributed by atoms with Gasteiger partial charge in [0.15, 0.2) is 0 Å². The Labute approximate surface area is 136 Å². The van der Waals surface area contributed by atoms with Gasteiger partial charge in [-0.05, 0) is 71.5 Å². The Morgan fingerprint density at radius 1 is 1.20 bits per heavy atom. The first kappa shape index (κ1) is 13.8. The van der Waals surface area contributed by atoms with Crippen molar-refractivity contribution < 1.29 is 0 Å². The number of aryl methyl sites for hydroxylation is 1. The van der Waals surface area contributed by atoms with E-state index in [9.17, 15) is 5.26 Å². The molecule has 1 aromatic heterocycles. The fourth-order valence-electron chi connectivity index (χ4n) is 2.44. The van der Waals surface area contributed by atoms with Crippen molar-refractivity contribution in [3.63, 3.8) is 0 Å². The van der Waals surface area contributed by atoms with Crippen molar-refractivity contribution in [3.8, 4) is 6.07 Å². The van der Waals surface area contributed by atoms with Crippen LogP contribution in [0.25, 0.3) is 0 Å². The largest absolute Gasteiger partial charge is 0.244 e. The molecule has 4 heteroatoms. The van der Waals surface area contributed by atoms with E-state index < -0.39 is 0 Å².